The van der Waals surface area contributed by atoms with E-state index in [1.165, 1.54) is 12.1 Å². The number of aliphatic hydroxyl groups excluding tert-OH is 1. The van der Waals surface area contributed by atoms with E-state index in [2.05, 4.69) is 20.7 Å². The van der Waals surface area contributed by atoms with Crippen molar-refractivity contribution in [2.45, 2.75) is 50.3 Å². The van der Waals surface area contributed by atoms with Gasteiger partial charge in [-0.1, -0.05) is 36.4 Å². The number of benzene rings is 4. The third-order valence-electron chi connectivity index (χ3n) is 10.6. The molecule has 2 fully saturated rings. The predicted octanol–water partition coefficient (Wildman–Crippen LogP) is 5.61. The molecule has 0 spiro atoms. The van der Waals surface area contributed by atoms with Crippen molar-refractivity contribution in [3.8, 4) is 11.5 Å². The Kier molecular flexibility index (Phi) is 12.5. The molecule has 1 N–H and O–H groups in total. The fourth-order valence-corrected chi connectivity index (χ4v) is 7.74. The number of carbonyl (C=O) groups is 1. The van der Waals surface area contributed by atoms with Crippen LogP contribution in [0.4, 0.5) is 15.8 Å². The molecule has 14 heteroatoms. The largest absolute Gasteiger partial charge is 0.490 e. The average molecular weight is 771 g/mol. The molecular weight excluding hydrogens is 723 g/mol. The van der Waals surface area contributed by atoms with Gasteiger partial charge in [-0.3, -0.25) is 4.79 Å². The summed E-state index contributed by atoms with van der Waals surface area (Å²) in [6.07, 6.45) is 0.110. The molecule has 2 saturated heterocycles. The van der Waals surface area contributed by atoms with Gasteiger partial charge in [0.15, 0.2) is 0 Å². The summed E-state index contributed by atoms with van der Waals surface area (Å²) in [7, 11) is 1.70. The van der Waals surface area contributed by atoms with Crippen molar-refractivity contribution in [1.82, 2.24) is 4.90 Å². The van der Waals surface area contributed by atoms with Gasteiger partial charge in [0.25, 0.3) is 11.0 Å². The molecule has 4 atom stereocenters. The molecule has 4 aromatic carbocycles. The minimum Gasteiger partial charge on any atom is -0.490 e. The smallest absolute Gasteiger partial charge is 0.294 e. The van der Waals surface area contributed by atoms with Crippen molar-refractivity contribution < 1.29 is 43.2 Å². The maximum absolute atomic E-state index is 13.8. The minimum absolute atomic E-state index is 0.0624. The number of aliphatic hydroxyl groups is 1. The van der Waals surface area contributed by atoms with Crippen molar-refractivity contribution in [3.63, 3.8) is 0 Å². The van der Waals surface area contributed by atoms with Gasteiger partial charge >= 0.3 is 0 Å². The SMILES string of the molecule is COCCCN1CCOc2ccc(COC3CN(C(=O)c4ccc(CO[N+](=O)[O-])cc4)CC(O)C3c3ccc(OC4CCN(c5cccc(F)c5)C4)cc3)cc21. The Balaban J connectivity index is 1.07. The Hall–Kier alpha value is -5.44. The summed E-state index contributed by atoms with van der Waals surface area (Å²) in [6, 6.07) is 26.7. The fourth-order valence-electron chi connectivity index (χ4n) is 7.74. The molecule has 7 rings (SSSR count). The fraction of sp³-hybridized carbons (Fsp3) is 0.405. The van der Waals surface area contributed by atoms with Gasteiger partial charge in [0.05, 0.1) is 37.6 Å². The molecule has 296 valence electrons. The standard InChI is InChI=1S/C42H47FN4O9/c1-52-20-3-17-44-19-21-53-39-15-8-30(22-37(39)44)27-54-40-26-46(42(49)32-9-6-29(7-10-32)28-55-47(50)51)25-38(48)41(40)31-11-13-35(14-12-31)56-36-16-18-45(24-36)34-5-2-4-33(43)23-34/h2,4-15,22-23,36,38,40-41,48H,3,16-21,24-28H2,1H3. The van der Waals surface area contributed by atoms with Crippen molar-refractivity contribution >= 4 is 17.3 Å². The second kappa shape index (κ2) is 18.0. The molecule has 4 aromatic rings. The van der Waals surface area contributed by atoms with E-state index in [0.717, 1.165) is 60.7 Å². The summed E-state index contributed by atoms with van der Waals surface area (Å²) < 4.78 is 38.0. The summed E-state index contributed by atoms with van der Waals surface area (Å²) in [5.41, 5.74) is 4.55. The summed E-state index contributed by atoms with van der Waals surface area (Å²) in [5, 5.41) is 21.5. The molecule has 3 aliphatic heterocycles. The van der Waals surface area contributed by atoms with Crippen LogP contribution in [0, 0.1) is 15.9 Å². The van der Waals surface area contributed by atoms with Crippen LogP contribution in [0.3, 0.4) is 0 Å². The van der Waals surface area contributed by atoms with Crippen LogP contribution >= 0.6 is 0 Å². The van der Waals surface area contributed by atoms with Gasteiger partial charge in [-0.05, 0) is 77.7 Å². The highest BCUT2D eigenvalue weighted by Gasteiger charge is 2.40. The van der Waals surface area contributed by atoms with Crippen LogP contribution in [0.25, 0.3) is 0 Å². The lowest BCUT2D eigenvalue weighted by Gasteiger charge is -2.42. The van der Waals surface area contributed by atoms with Gasteiger partial charge in [0.1, 0.15) is 36.6 Å². The van der Waals surface area contributed by atoms with Crippen LogP contribution in [0.1, 0.15) is 45.8 Å². The van der Waals surface area contributed by atoms with E-state index in [9.17, 15) is 24.4 Å². The highest BCUT2D eigenvalue weighted by molar-refractivity contribution is 5.94. The zero-order valence-electron chi connectivity index (χ0n) is 31.3. The van der Waals surface area contributed by atoms with Crippen molar-refractivity contribution in [2.75, 3.05) is 69.4 Å². The maximum Gasteiger partial charge on any atom is 0.294 e. The second-order valence-corrected chi connectivity index (χ2v) is 14.4. The number of hydrogen-bond donors (Lipinski definition) is 1. The molecule has 0 radical (unpaired) electrons. The van der Waals surface area contributed by atoms with Gasteiger partial charge < -0.3 is 43.6 Å². The monoisotopic (exact) mass is 770 g/mol. The molecule has 0 aromatic heterocycles. The lowest BCUT2D eigenvalue weighted by Crippen LogP contribution is -2.53. The molecule has 3 heterocycles. The molecule has 4 unspecified atom stereocenters. The number of methoxy groups -OCH3 is 1. The lowest BCUT2D eigenvalue weighted by atomic mass is 9.84. The van der Waals surface area contributed by atoms with E-state index in [4.69, 9.17) is 18.9 Å². The molecule has 0 saturated carbocycles. The van der Waals surface area contributed by atoms with Crippen molar-refractivity contribution in [3.05, 3.63) is 129 Å². The average Bonchev–Trinajstić information content (AvgIpc) is 3.68. The van der Waals surface area contributed by atoms with Crippen molar-refractivity contribution in [2.24, 2.45) is 0 Å². The highest BCUT2D eigenvalue weighted by Crippen LogP contribution is 2.36. The molecule has 56 heavy (non-hydrogen) atoms. The topological polar surface area (TPSA) is 136 Å². The minimum atomic E-state index is -0.944. The Bertz CT molecular complexity index is 1950. The Morgan fingerprint density at radius 1 is 0.964 bits per heavy atom. The Morgan fingerprint density at radius 2 is 1.77 bits per heavy atom. The predicted molar refractivity (Wildman–Crippen MR) is 206 cm³/mol. The molecule has 0 aliphatic carbocycles. The van der Waals surface area contributed by atoms with E-state index < -0.39 is 23.2 Å². The maximum atomic E-state index is 13.8. The highest BCUT2D eigenvalue weighted by atomic mass is 19.1. The summed E-state index contributed by atoms with van der Waals surface area (Å²) in [5.74, 6) is 0.506. The van der Waals surface area contributed by atoms with Crippen LogP contribution in [0.2, 0.25) is 0 Å². The van der Waals surface area contributed by atoms with Crippen LogP contribution in [-0.4, -0.2) is 98.9 Å². The number of nitrogens with zero attached hydrogens (tertiary/aromatic N) is 4. The van der Waals surface area contributed by atoms with Crippen LogP contribution in [0.15, 0.2) is 91.0 Å². The van der Waals surface area contributed by atoms with Crippen LogP contribution in [-0.2, 0) is 27.5 Å². The quantitative estimate of drug-likeness (QED) is 0.0918. The number of amides is 1. The first-order valence-electron chi connectivity index (χ1n) is 19.0. The van der Waals surface area contributed by atoms with E-state index in [1.54, 1.807) is 42.3 Å². The number of β-amino-alcohol motifs (C(OH)–C–C–N with tert-alkyl or cyclic N) is 1. The number of anilines is 2. The summed E-state index contributed by atoms with van der Waals surface area (Å²) >= 11 is 0. The van der Waals surface area contributed by atoms with Crippen molar-refractivity contribution in [1.29, 1.82) is 0 Å². The Labute approximate surface area is 325 Å². The first-order chi connectivity index (χ1) is 27.2. The zero-order chi connectivity index (χ0) is 39.0. The van der Waals surface area contributed by atoms with Gasteiger partial charge in [-0.15, -0.1) is 10.1 Å². The molecule has 1 amide bonds. The number of rotatable bonds is 15. The van der Waals surface area contributed by atoms with E-state index >= 15 is 0 Å². The molecule has 0 bridgehead atoms. The van der Waals surface area contributed by atoms with E-state index in [0.29, 0.717) is 36.6 Å². The molecular formula is C42H47FN4O9. The normalized spacial score (nSPS) is 20.7. The zero-order valence-corrected chi connectivity index (χ0v) is 31.3. The van der Waals surface area contributed by atoms with Gasteiger partial charge in [0, 0.05) is 63.5 Å². The number of carbonyl (C=O) groups excluding carboxylic acids is 1. The number of likely N-dealkylation sites (tertiary alicyclic amines) is 1. The van der Waals surface area contributed by atoms with E-state index in [-0.39, 0.29) is 44.1 Å². The summed E-state index contributed by atoms with van der Waals surface area (Å²) in [4.78, 5) is 34.9. The molecule has 3 aliphatic rings. The number of fused-ring (bicyclic) bond motifs is 1. The van der Waals surface area contributed by atoms with Gasteiger partial charge in [-0.25, -0.2) is 4.39 Å². The van der Waals surface area contributed by atoms with Crippen LogP contribution < -0.4 is 19.3 Å². The number of ether oxygens (including phenoxy) is 4. The third-order valence-corrected chi connectivity index (χ3v) is 10.6. The first kappa shape index (κ1) is 38.8. The third kappa shape index (κ3) is 9.49. The van der Waals surface area contributed by atoms with E-state index in [1.807, 2.05) is 42.5 Å². The number of hydrogen-bond acceptors (Lipinski definition) is 11. The number of halogens is 1. The summed E-state index contributed by atoms with van der Waals surface area (Å²) in [6.45, 7) is 4.60. The Morgan fingerprint density at radius 3 is 2.54 bits per heavy atom. The second-order valence-electron chi connectivity index (χ2n) is 14.4. The number of piperidine rings is 1. The first-order valence-corrected chi connectivity index (χ1v) is 19.0. The van der Waals surface area contributed by atoms with Crippen LogP contribution in [0.5, 0.6) is 11.5 Å². The molecule has 13 nitrogen and oxygen atoms in total. The van der Waals surface area contributed by atoms with Gasteiger partial charge in [-0.2, -0.15) is 0 Å². The lowest BCUT2D eigenvalue weighted by molar-refractivity contribution is -0.763. The van der Waals surface area contributed by atoms with Gasteiger partial charge in [0.2, 0.25) is 0 Å².